The van der Waals surface area contributed by atoms with Gasteiger partial charge in [0.2, 0.25) is 0 Å². The van der Waals surface area contributed by atoms with Crippen LogP contribution in [-0.2, 0) is 5.54 Å². The van der Waals surface area contributed by atoms with Crippen LogP contribution in [0.4, 0.5) is 0 Å². The molecule has 0 aliphatic carbocycles. The molecule has 1 heterocycles. The molecule has 3 nitrogen and oxygen atoms in total. The van der Waals surface area contributed by atoms with Gasteiger partial charge in [0.25, 0.3) is 0 Å². The van der Waals surface area contributed by atoms with Crippen molar-refractivity contribution in [3.8, 4) is 0 Å². The van der Waals surface area contributed by atoms with E-state index in [2.05, 4.69) is 23.8 Å². The van der Waals surface area contributed by atoms with E-state index in [4.69, 9.17) is 5.73 Å². The number of nitrogens with two attached hydrogens (primary N) is 1. The van der Waals surface area contributed by atoms with Crippen LogP contribution < -0.4 is 5.73 Å². The number of benzene rings is 1. The van der Waals surface area contributed by atoms with Gasteiger partial charge in [-0.15, -0.1) is 0 Å². The number of hydrogen-bond donors (Lipinski definition) is 2. The molecule has 1 atom stereocenters. The molecule has 0 amide bonds. The highest BCUT2D eigenvalue weighted by molar-refractivity contribution is 5.31. The smallest absolute Gasteiger partial charge is 0.131 e. The Morgan fingerprint density at radius 3 is 2.44 bits per heavy atom. The molecule has 0 aliphatic heterocycles. The summed E-state index contributed by atoms with van der Waals surface area (Å²) in [5, 5.41) is 0. The minimum atomic E-state index is -0.551. The predicted octanol–water partition coefficient (Wildman–Crippen LogP) is 2.27. The van der Waals surface area contributed by atoms with E-state index in [1.54, 1.807) is 6.20 Å². The van der Waals surface area contributed by atoms with Crippen LogP contribution in [0.2, 0.25) is 0 Å². The summed E-state index contributed by atoms with van der Waals surface area (Å²) in [5.74, 6) is 1.08. The molecule has 1 unspecified atom stereocenters. The molecule has 84 valence electrons. The molecule has 1 aromatic carbocycles. The van der Waals surface area contributed by atoms with E-state index in [9.17, 15) is 0 Å². The Labute approximate surface area is 95.7 Å². The number of imidazole rings is 1. The van der Waals surface area contributed by atoms with Gasteiger partial charge in [0.15, 0.2) is 0 Å². The molecule has 0 fully saturated rings. The number of hydrogen-bond acceptors (Lipinski definition) is 2. The summed E-state index contributed by atoms with van der Waals surface area (Å²) in [6.45, 7) is 4.21. The fourth-order valence-corrected chi connectivity index (χ4v) is 1.95. The summed E-state index contributed by atoms with van der Waals surface area (Å²) in [5.41, 5.74) is 7.07. The molecular formula is C13H17N3. The van der Waals surface area contributed by atoms with E-state index < -0.39 is 5.54 Å². The first-order chi connectivity index (χ1) is 7.65. The van der Waals surface area contributed by atoms with Crippen molar-refractivity contribution >= 4 is 0 Å². The number of nitrogens with one attached hydrogen (secondary N) is 1. The predicted molar refractivity (Wildman–Crippen MR) is 64.8 cm³/mol. The van der Waals surface area contributed by atoms with Crippen molar-refractivity contribution in [2.75, 3.05) is 0 Å². The Hall–Kier alpha value is -1.61. The molecular weight excluding hydrogens is 198 g/mol. The van der Waals surface area contributed by atoms with Crippen molar-refractivity contribution in [3.05, 3.63) is 54.1 Å². The van der Waals surface area contributed by atoms with E-state index in [0.717, 1.165) is 11.4 Å². The molecule has 0 aliphatic rings. The second-order valence-electron chi connectivity index (χ2n) is 4.33. The van der Waals surface area contributed by atoms with Gasteiger partial charge in [0.05, 0.1) is 0 Å². The largest absolute Gasteiger partial charge is 0.347 e. The lowest BCUT2D eigenvalue weighted by molar-refractivity contribution is 0.365. The molecule has 0 bridgehead atoms. The summed E-state index contributed by atoms with van der Waals surface area (Å²) >= 11 is 0. The number of aromatic nitrogens is 2. The average molecular weight is 215 g/mol. The van der Waals surface area contributed by atoms with Crippen molar-refractivity contribution < 1.29 is 0 Å². The lowest BCUT2D eigenvalue weighted by Crippen LogP contribution is -2.44. The molecule has 16 heavy (non-hydrogen) atoms. The highest BCUT2D eigenvalue weighted by Crippen LogP contribution is 2.31. The van der Waals surface area contributed by atoms with Crippen molar-refractivity contribution in [2.45, 2.75) is 19.4 Å². The van der Waals surface area contributed by atoms with Gasteiger partial charge in [-0.25, -0.2) is 4.98 Å². The third-order valence-electron chi connectivity index (χ3n) is 3.05. The summed E-state index contributed by atoms with van der Waals surface area (Å²) in [4.78, 5) is 7.43. The molecule has 3 N–H and O–H groups in total. The third kappa shape index (κ3) is 1.63. The van der Waals surface area contributed by atoms with Crippen LogP contribution in [0.5, 0.6) is 0 Å². The molecule has 1 aromatic heterocycles. The number of aromatic amines is 1. The van der Waals surface area contributed by atoms with Gasteiger partial charge in [0, 0.05) is 12.4 Å². The van der Waals surface area contributed by atoms with Crippen molar-refractivity contribution in [1.29, 1.82) is 0 Å². The summed E-state index contributed by atoms with van der Waals surface area (Å²) in [7, 11) is 0. The van der Waals surface area contributed by atoms with Crippen LogP contribution in [-0.4, -0.2) is 9.97 Å². The second kappa shape index (κ2) is 4.10. The number of rotatable bonds is 3. The first-order valence-corrected chi connectivity index (χ1v) is 5.50. The van der Waals surface area contributed by atoms with E-state index in [0.29, 0.717) is 0 Å². The quantitative estimate of drug-likeness (QED) is 0.825. The molecule has 3 heteroatoms. The SMILES string of the molecule is CC(C)C(N)(c1ccccc1)c1ncc[nH]1. The lowest BCUT2D eigenvalue weighted by atomic mass is 9.80. The molecule has 2 aromatic rings. The first kappa shape index (κ1) is 10.9. The van der Waals surface area contributed by atoms with Gasteiger partial charge in [-0.05, 0) is 11.5 Å². The first-order valence-electron chi connectivity index (χ1n) is 5.50. The van der Waals surface area contributed by atoms with Gasteiger partial charge in [-0.3, -0.25) is 0 Å². The lowest BCUT2D eigenvalue weighted by Gasteiger charge is -2.32. The highest BCUT2D eigenvalue weighted by atomic mass is 15.0. The maximum absolute atomic E-state index is 6.53. The topological polar surface area (TPSA) is 54.7 Å². The minimum Gasteiger partial charge on any atom is -0.347 e. The fourth-order valence-electron chi connectivity index (χ4n) is 1.95. The molecule has 0 saturated carbocycles. The van der Waals surface area contributed by atoms with Crippen LogP contribution in [0.3, 0.4) is 0 Å². The maximum Gasteiger partial charge on any atom is 0.131 e. The molecule has 0 saturated heterocycles. The second-order valence-corrected chi connectivity index (χ2v) is 4.33. The van der Waals surface area contributed by atoms with Crippen molar-refractivity contribution in [3.63, 3.8) is 0 Å². The van der Waals surface area contributed by atoms with Gasteiger partial charge < -0.3 is 10.7 Å². The average Bonchev–Trinajstić information content (AvgIpc) is 2.82. The Balaban J connectivity index is 2.53. The summed E-state index contributed by atoms with van der Waals surface area (Å²) in [6, 6.07) is 10.1. The third-order valence-corrected chi connectivity index (χ3v) is 3.05. The van der Waals surface area contributed by atoms with Crippen LogP contribution in [0.1, 0.15) is 25.2 Å². The molecule has 2 rings (SSSR count). The van der Waals surface area contributed by atoms with Gasteiger partial charge in [-0.2, -0.15) is 0 Å². The molecule has 0 radical (unpaired) electrons. The Morgan fingerprint density at radius 2 is 1.94 bits per heavy atom. The zero-order chi connectivity index (χ0) is 11.6. The fraction of sp³-hybridized carbons (Fsp3) is 0.308. The Bertz CT molecular complexity index is 433. The van der Waals surface area contributed by atoms with E-state index in [-0.39, 0.29) is 5.92 Å². The maximum atomic E-state index is 6.53. The van der Waals surface area contributed by atoms with Gasteiger partial charge in [-0.1, -0.05) is 44.2 Å². The number of H-pyrrole nitrogens is 1. The zero-order valence-electron chi connectivity index (χ0n) is 9.64. The van der Waals surface area contributed by atoms with Crippen molar-refractivity contribution in [2.24, 2.45) is 11.7 Å². The van der Waals surface area contributed by atoms with Crippen molar-refractivity contribution in [1.82, 2.24) is 9.97 Å². The monoisotopic (exact) mass is 215 g/mol. The Morgan fingerprint density at radius 1 is 1.25 bits per heavy atom. The van der Waals surface area contributed by atoms with Crippen LogP contribution in [0.15, 0.2) is 42.7 Å². The van der Waals surface area contributed by atoms with Gasteiger partial charge >= 0.3 is 0 Å². The van der Waals surface area contributed by atoms with Crippen LogP contribution in [0, 0.1) is 5.92 Å². The van der Waals surface area contributed by atoms with E-state index in [1.807, 2.05) is 36.5 Å². The molecule has 0 spiro atoms. The summed E-state index contributed by atoms with van der Waals surface area (Å²) in [6.07, 6.45) is 3.55. The normalized spacial score (nSPS) is 15.0. The minimum absolute atomic E-state index is 0.265. The summed E-state index contributed by atoms with van der Waals surface area (Å²) < 4.78 is 0. The zero-order valence-corrected chi connectivity index (χ0v) is 9.64. The van der Waals surface area contributed by atoms with E-state index >= 15 is 0 Å². The Kier molecular flexibility index (Phi) is 2.79. The highest BCUT2D eigenvalue weighted by Gasteiger charge is 2.35. The van der Waals surface area contributed by atoms with Crippen LogP contribution >= 0.6 is 0 Å². The van der Waals surface area contributed by atoms with E-state index in [1.165, 1.54) is 0 Å². The van der Waals surface area contributed by atoms with Gasteiger partial charge in [0.1, 0.15) is 11.4 Å². The van der Waals surface area contributed by atoms with Crippen LogP contribution in [0.25, 0.3) is 0 Å². The standard InChI is InChI=1S/C13H17N3/c1-10(2)13(14,12-15-8-9-16-12)11-6-4-3-5-7-11/h3-10H,14H2,1-2H3,(H,15,16). The number of nitrogens with zero attached hydrogens (tertiary/aromatic N) is 1.